The van der Waals surface area contributed by atoms with E-state index in [1.54, 1.807) is 12.1 Å². The van der Waals surface area contributed by atoms with Crippen LogP contribution in [0.2, 0.25) is 0 Å². The van der Waals surface area contributed by atoms with Crippen LogP contribution in [-0.4, -0.2) is 12.5 Å². The van der Waals surface area contributed by atoms with Crippen LogP contribution < -0.4 is 5.32 Å². The van der Waals surface area contributed by atoms with E-state index in [-0.39, 0.29) is 11.7 Å². The van der Waals surface area contributed by atoms with Gasteiger partial charge in [-0.2, -0.15) is 0 Å². The second kappa shape index (κ2) is 5.51. The SMILES string of the molecule is CCCNC(=O)C1(c2ccc(F)cc2)CCCC1. The normalized spacial score (nSPS) is 17.7. The summed E-state index contributed by atoms with van der Waals surface area (Å²) in [4.78, 5) is 12.4. The van der Waals surface area contributed by atoms with Gasteiger partial charge >= 0.3 is 0 Å². The van der Waals surface area contributed by atoms with Crippen molar-refractivity contribution in [1.82, 2.24) is 5.32 Å². The number of halogens is 1. The Hall–Kier alpha value is -1.38. The molecule has 1 N–H and O–H groups in total. The molecule has 1 aromatic rings. The van der Waals surface area contributed by atoms with E-state index >= 15 is 0 Å². The fourth-order valence-corrected chi connectivity index (χ4v) is 2.80. The molecule has 1 aliphatic carbocycles. The molecular formula is C15H20FNO. The monoisotopic (exact) mass is 249 g/mol. The van der Waals surface area contributed by atoms with Gasteiger partial charge in [-0.25, -0.2) is 4.39 Å². The fraction of sp³-hybridized carbons (Fsp3) is 0.533. The van der Waals surface area contributed by atoms with Crippen LogP contribution in [0.4, 0.5) is 4.39 Å². The highest BCUT2D eigenvalue weighted by Crippen LogP contribution is 2.41. The number of benzene rings is 1. The van der Waals surface area contributed by atoms with Crippen molar-refractivity contribution in [1.29, 1.82) is 0 Å². The van der Waals surface area contributed by atoms with Crippen LogP contribution >= 0.6 is 0 Å². The molecule has 0 atom stereocenters. The second-order valence-corrected chi connectivity index (χ2v) is 5.05. The number of carbonyl (C=O) groups excluding carboxylic acids is 1. The van der Waals surface area contributed by atoms with Gasteiger partial charge < -0.3 is 5.32 Å². The summed E-state index contributed by atoms with van der Waals surface area (Å²) in [5.41, 5.74) is 0.526. The predicted octanol–water partition coefficient (Wildman–Crippen LogP) is 3.16. The smallest absolute Gasteiger partial charge is 0.230 e. The van der Waals surface area contributed by atoms with Gasteiger partial charge in [-0.1, -0.05) is 31.9 Å². The zero-order chi connectivity index (χ0) is 13.0. The van der Waals surface area contributed by atoms with E-state index in [0.29, 0.717) is 6.54 Å². The van der Waals surface area contributed by atoms with Gasteiger partial charge in [0.1, 0.15) is 5.82 Å². The standard InChI is InChI=1S/C15H20FNO/c1-2-11-17-14(18)15(9-3-4-10-15)12-5-7-13(16)8-6-12/h5-8H,2-4,9-11H2,1H3,(H,17,18). The largest absolute Gasteiger partial charge is 0.355 e. The summed E-state index contributed by atoms with van der Waals surface area (Å²) >= 11 is 0. The molecule has 0 aromatic heterocycles. The lowest BCUT2D eigenvalue weighted by molar-refractivity contribution is -0.126. The molecule has 3 heteroatoms. The average Bonchev–Trinajstić information content (AvgIpc) is 2.87. The maximum absolute atomic E-state index is 13.0. The van der Waals surface area contributed by atoms with Crippen LogP contribution in [0.1, 0.15) is 44.6 Å². The Balaban J connectivity index is 2.26. The van der Waals surface area contributed by atoms with Crippen molar-refractivity contribution >= 4 is 5.91 Å². The third-order valence-corrected chi connectivity index (χ3v) is 3.82. The molecule has 98 valence electrons. The first-order valence-corrected chi connectivity index (χ1v) is 6.73. The van der Waals surface area contributed by atoms with Crippen LogP contribution in [0, 0.1) is 5.82 Å². The van der Waals surface area contributed by atoms with Gasteiger partial charge in [-0.3, -0.25) is 4.79 Å². The zero-order valence-corrected chi connectivity index (χ0v) is 10.8. The van der Waals surface area contributed by atoms with Gasteiger partial charge in [-0.05, 0) is 37.0 Å². The number of rotatable bonds is 4. The average molecular weight is 249 g/mol. The summed E-state index contributed by atoms with van der Waals surface area (Å²) in [6, 6.07) is 6.41. The Morgan fingerprint density at radius 1 is 1.28 bits per heavy atom. The molecule has 1 aliphatic rings. The summed E-state index contributed by atoms with van der Waals surface area (Å²) < 4.78 is 13.0. The first-order valence-electron chi connectivity index (χ1n) is 6.73. The van der Waals surface area contributed by atoms with E-state index in [2.05, 4.69) is 5.32 Å². The van der Waals surface area contributed by atoms with Crippen LogP contribution in [-0.2, 0) is 10.2 Å². The molecule has 2 rings (SSSR count). The zero-order valence-electron chi connectivity index (χ0n) is 10.8. The minimum Gasteiger partial charge on any atom is -0.355 e. The lowest BCUT2D eigenvalue weighted by Gasteiger charge is -2.28. The summed E-state index contributed by atoms with van der Waals surface area (Å²) in [6.07, 6.45) is 4.81. The Morgan fingerprint density at radius 3 is 2.44 bits per heavy atom. The van der Waals surface area contributed by atoms with Crippen molar-refractivity contribution in [3.8, 4) is 0 Å². The molecule has 1 saturated carbocycles. The maximum Gasteiger partial charge on any atom is 0.230 e. The van der Waals surface area contributed by atoms with Crippen LogP contribution in [0.25, 0.3) is 0 Å². The Morgan fingerprint density at radius 2 is 1.89 bits per heavy atom. The number of carbonyl (C=O) groups is 1. The first-order chi connectivity index (χ1) is 8.69. The molecule has 1 fully saturated rings. The third-order valence-electron chi connectivity index (χ3n) is 3.82. The molecule has 1 aromatic carbocycles. The highest BCUT2D eigenvalue weighted by atomic mass is 19.1. The molecule has 0 saturated heterocycles. The van der Waals surface area contributed by atoms with Gasteiger partial charge in [0.25, 0.3) is 0 Å². The number of amides is 1. The minimum absolute atomic E-state index is 0.105. The molecule has 18 heavy (non-hydrogen) atoms. The molecule has 0 aliphatic heterocycles. The quantitative estimate of drug-likeness (QED) is 0.872. The molecule has 2 nitrogen and oxygen atoms in total. The molecule has 0 heterocycles. The summed E-state index contributed by atoms with van der Waals surface area (Å²) in [5.74, 6) is -0.144. The van der Waals surface area contributed by atoms with E-state index in [0.717, 1.165) is 37.7 Å². The van der Waals surface area contributed by atoms with Crippen LogP contribution in [0.15, 0.2) is 24.3 Å². The lowest BCUT2D eigenvalue weighted by atomic mass is 9.78. The van der Waals surface area contributed by atoms with E-state index in [9.17, 15) is 9.18 Å². The third kappa shape index (κ3) is 2.40. The molecule has 0 radical (unpaired) electrons. The number of hydrogen-bond acceptors (Lipinski definition) is 1. The van der Waals surface area contributed by atoms with Crippen LogP contribution in [0.3, 0.4) is 0 Å². The van der Waals surface area contributed by atoms with E-state index < -0.39 is 5.41 Å². The number of nitrogens with one attached hydrogen (secondary N) is 1. The lowest BCUT2D eigenvalue weighted by Crippen LogP contribution is -2.42. The van der Waals surface area contributed by atoms with Crippen LogP contribution in [0.5, 0.6) is 0 Å². The van der Waals surface area contributed by atoms with Crippen molar-refractivity contribution in [2.24, 2.45) is 0 Å². The van der Waals surface area contributed by atoms with Gasteiger partial charge in [0.05, 0.1) is 5.41 Å². The highest BCUT2D eigenvalue weighted by Gasteiger charge is 2.42. The molecular weight excluding hydrogens is 229 g/mol. The summed E-state index contributed by atoms with van der Waals surface area (Å²) in [7, 11) is 0. The summed E-state index contributed by atoms with van der Waals surface area (Å²) in [6.45, 7) is 2.75. The Bertz CT molecular complexity index is 407. The molecule has 0 bridgehead atoms. The van der Waals surface area contributed by atoms with Gasteiger partial charge in [-0.15, -0.1) is 0 Å². The van der Waals surface area contributed by atoms with Crippen molar-refractivity contribution in [2.45, 2.75) is 44.4 Å². The van der Waals surface area contributed by atoms with Gasteiger partial charge in [0.2, 0.25) is 5.91 Å². The van der Waals surface area contributed by atoms with Gasteiger partial charge in [0, 0.05) is 6.54 Å². The Labute approximate surface area is 108 Å². The van der Waals surface area contributed by atoms with Crippen molar-refractivity contribution in [3.05, 3.63) is 35.6 Å². The van der Waals surface area contributed by atoms with E-state index in [1.807, 2.05) is 6.92 Å². The van der Waals surface area contributed by atoms with E-state index in [4.69, 9.17) is 0 Å². The molecule has 1 amide bonds. The topological polar surface area (TPSA) is 29.1 Å². The minimum atomic E-state index is -0.428. The van der Waals surface area contributed by atoms with E-state index in [1.165, 1.54) is 12.1 Å². The fourth-order valence-electron chi connectivity index (χ4n) is 2.80. The molecule has 0 unspecified atom stereocenters. The number of hydrogen-bond donors (Lipinski definition) is 1. The maximum atomic E-state index is 13.0. The first kappa shape index (κ1) is 13.1. The van der Waals surface area contributed by atoms with Gasteiger partial charge in [0.15, 0.2) is 0 Å². The van der Waals surface area contributed by atoms with Crippen molar-refractivity contribution < 1.29 is 9.18 Å². The summed E-state index contributed by atoms with van der Waals surface area (Å²) in [5, 5.41) is 3.00. The predicted molar refractivity (Wildman–Crippen MR) is 69.8 cm³/mol. The molecule has 0 spiro atoms. The van der Waals surface area contributed by atoms with Crippen molar-refractivity contribution in [3.63, 3.8) is 0 Å². The second-order valence-electron chi connectivity index (χ2n) is 5.05. The highest BCUT2D eigenvalue weighted by molar-refractivity contribution is 5.88. The Kier molecular flexibility index (Phi) is 4.00. The van der Waals surface area contributed by atoms with Crippen molar-refractivity contribution in [2.75, 3.05) is 6.54 Å².